The van der Waals surface area contributed by atoms with Crippen LogP contribution in [0.1, 0.15) is 57.6 Å². The number of esters is 1. The first-order valence-corrected chi connectivity index (χ1v) is 16.1. The first-order chi connectivity index (χ1) is 20.9. The van der Waals surface area contributed by atoms with Crippen molar-refractivity contribution in [3.8, 4) is 28.7 Å². The first-order valence-electron chi connectivity index (χ1n) is 15.3. The van der Waals surface area contributed by atoms with Crippen LogP contribution in [0.25, 0.3) is 0 Å². The highest BCUT2D eigenvalue weighted by Crippen LogP contribution is 2.47. The van der Waals surface area contributed by atoms with Crippen molar-refractivity contribution < 1.29 is 33.3 Å². The summed E-state index contributed by atoms with van der Waals surface area (Å²) < 4.78 is 28.1. The summed E-state index contributed by atoms with van der Waals surface area (Å²) >= 11 is 1.54. The normalized spacial score (nSPS) is 14.0. The Morgan fingerprint density at radius 2 is 1.59 bits per heavy atom. The van der Waals surface area contributed by atoms with Gasteiger partial charge in [-0.15, -0.1) is 11.8 Å². The topological polar surface area (TPSA) is 86.8 Å². The number of likely N-dealkylation sites (tertiary alicyclic amines) is 1. The van der Waals surface area contributed by atoms with Crippen LogP contribution in [0.4, 0.5) is 0 Å². The lowest BCUT2D eigenvalue weighted by Gasteiger charge is -2.34. The molecule has 9 nitrogen and oxygen atoms in total. The number of likely N-dealkylation sites (N-methyl/N-ethyl adjacent to an activating group) is 1. The Labute approximate surface area is 267 Å². The number of carbonyl (C=O) groups excluding carboxylic acids is 2. The van der Waals surface area contributed by atoms with Crippen molar-refractivity contribution in [3.05, 3.63) is 35.4 Å². The molecule has 0 aromatic heterocycles. The fraction of sp³-hybridized carbons (Fsp3) is 0.588. The molecule has 1 heterocycles. The molecular weight excluding hydrogens is 580 g/mol. The maximum atomic E-state index is 13.4. The van der Waals surface area contributed by atoms with Crippen LogP contribution in [-0.2, 0) is 16.0 Å². The average molecular weight is 631 g/mol. The largest absolute Gasteiger partial charge is 0.496 e. The fourth-order valence-corrected chi connectivity index (χ4v) is 6.40. The summed E-state index contributed by atoms with van der Waals surface area (Å²) in [6, 6.07) is 7.55. The van der Waals surface area contributed by atoms with Crippen LogP contribution in [0.5, 0.6) is 28.7 Å². The zero-order chi connectivity index (χ0) is 32.4. The van der Waals surface area contributed by atoms with Gasteiger partial charge in [0.25, 0.3) is 0 Å². The molecule has 244 valence electrons. The molecule has 0 atom stereocenters. The lowest BCUT2D eigenvalue weighted by molar-refractivity contribution is -0.143. The third kappa shape index (κ3) is 9.69. The quantitative estimate of drug-likeness (QED) is 0.133. The second-order valence-electron chi connectivity index (χ2n) is 12.1. The second kappa shape index (κ2) is 16.3. The number of carbonyl (C=O) groups is 2. The Bertz CT molecular complexity index is 1250. The molecule has 0 spiro atoms. The van der Waals surface area contributed by atoms with E-state index >= 15 is 0 Å². The molecule has 0 N–H and O–H groups in total. The zero-order valence-electron chi connectivity index (χ0n) is 27.9. The number of methoxy groups -OCH3 is 3. The van der Waals surface area contributed by atoms with Gasteiger partial charge in [0.05, 0.1) is 32.1 Å². The Morgan fingerprint density at radius 3 is 2.14 bits per heavy atom. The monoisotopic (exact) mass is 630 g/mol. The van der Waals surface area contributed by atoms with E-state index in [9.17, 15) is 9.59 Å². The van der Waals surface area contributed by atoms with Crippen molar-refractivity contribution in [3.63, 3.8) is 0 Å². The third-order valence-electron chi connectivity index (χ3n) is 7.69. The van der Waals surface area contributed by atoms with E-state index in [1.165, 1.54) is 0 Å². The van der Waals surface area contributed by atoms with Gasteiger partial charge in [0.1, 0.15) is 35.4 Å². The Morgan fingerprint density at radius 1 is 0.955 bits per heavy atom. The smallest absolute Gasteiger partial charge is 0.314 e. The van der Waals surface area contributed by atoms with Gasteiger partial charge in [0, 0.05) is 42.9 Å². The van der Waals surface area contributed by atoms with Gasteiger partial charge >= 0.3 is 5.97 Å². The molecule has 2 aromatic rings. The molecular formula is C34H50N2O7S. The van der Waals surface area contributed by atoms with E-state index in [2.05, 4.69) is 11.8 Å². The highest BCUT2D eigenvalue weighted by Gasteiger charge is 2.33. The lowest BCUT2D eigenvalue weighted by Crippen LogP contribution is -2.42. The molecule has 1 fully saturated rings. The molecule has 0 bridgehead atoms. The number of rotatable bonds is 15. The van der Waals surface area contributed by atoms with Crippen LogP contribution in [-0.4, -0.2) is 88.1 Å². The minimum absolute atomic E-state index is 0.0608. The molecule has 10 heteroatoms. The number of hydrogen-bond acceptors (Lipinski definition) is 9. The number of benzene rings is 2. The molecule has 3 rings (SSSR count). The molecule has 2 aromatic carbocycles. The van der Waals surface area contributed by atoms with Crippen LogP contribution in [0.3, 0.4) is 0 Å². The van der Waals surface area contributed by atoms with E-state index in [0.717, 1.165) is 41.2 Å². The van der Waals surface area contributed by atoms with E-state index in [4.69, 9.17) is 23.7 Å². The maximum absolute atomic E-state index is 13.4. The van der Waals surface area contributed by atoms with Gasteiger partial charge in [-0.3, -0.25) is 9.59 Å². The Hall–Kier alpha value is -3.11. The molecule has 1 amide bonds. The van der Waals surface area contributed by atoms with Gasteiger partial charge < -0.3 is 33.5 Å². The summed E-state index contributed by atoms with van der Waals surface area (Å²) in [5, 5.41) is 0. The second-order valence-corrected chi connectivity index (χ2v) is 13.8. The summed E-state index contributed by atoms with van der Waals surface area (Å²) in [5.41, 5.74) is 1.92. The molecule has 1 aliphatic rings. The molecule has 44 heavy (non-hydrogen) atoms. The fourth-order valence-electron chi connectivity index (χ4n) is 5.17. The summed E-state index contributed by atoms with van der Waals surface area (Å²) in [7, 11) is 8.84. The van der Waals surface area contributed by atoms with Crippen LogP contribution in [0.2, 0.25) is 0 Å². The predicted molar refractivity (Wildman–Crippen MR) is 175 cm³/mol. The van der Waals surface area contributed by atoms with Crippen LogP contribution >= 0.6 is 11.8 Å². The SMILES string of the molecule is CCCc1cc(OC(=O)C2CCN(C(=O)CC(C)(C)Sc3c(OC)cc(OC)cc3OC)CC2)c(C)cc1OCCN(C)C. The first kappa shape index (κ1) is 35.4. The number of amides is 1. The van der Waals surface area contributed by atoms with E-state index in [0.29, 0.717) is 62.0 Å². The number of ether oxygens (including phenoxy) is 5. The van der Waals surface area contributed by atoms with Crippen molar-refractivity contribution in [2.24, 2.45) is 5.92 Å². The zero-order valence-corrected chi connectivity index (χ0v) is 28.7. The average Bonchev–Trinajstić information content (AvgIpc) is 2.98. The van der Waals surface area contributed by atoms with Crippen LogP contribution < -0.4 is 23.7 Å². The van der Waals surface area contributed by atoms with Crippen molar-refractivity contribution in [2.45, 2.75) is 69.4 Å². The molecule has 0 saturated carbocycles. The van der Waals surface area contributed by atoms with Crippen molar-refractivity contribution >= 4 is 23.6 Å². The van der Waals surface area contributed by atoms with Gasteiger partial charge in [-0.1, -0.05) is 13.3 Å². The van der Waals surface area contributed by atoms with Gasteiger partial charge in [-0.2, -0.15) is 0 Å². The number of piperidine rings is 1. The summed E-state index contributed by atoms with van der Waals surface area (Å²) in [6.45, 7) is 10.6. The van der Waals surface area contributed by atoms with E-state index in [-0.39, 0.29) is 17.8 Å². The van der Waals surface area contributed by atoms with Gasteiger partial charge in [-0.25, -0.2) is 0 Å². The summed E-state index contributed by atoms with van der Waals surface area (Å²) in [6.07, 6.45) is 3.28. The highest BCUT2D eigenvalue weighted by molar-refractivity contribution is 8.00. The van der Waals surface area contributed by atoms with E-state index in [1.54, 1.807) is 33.1 Å². The molecule has 0 unspecified atom stereocenters. The number of thioether (sulfide) groups is 1. The van der Waals surface area contributed by atoms with Gasteiger partial charge in [0.15, 0.2) is 0 Å². The van der Waals surface area contributed by atoms with Crippen LogP contribution in [0, 0.1) is 12.8 Å². The van der Waals surface area contributed by atoms with Gasteiger partial charge in [0.2, 0.25) is 5.91 Å². The molecule has 0 radical (unpaired) electrons. The summed E-state index contributed by atoms with van der Waals surface area (Å²) in [5.74, 6) is 2.91. The molecule has 0 aliphatic carbocycles. The number of nitrogens with zero attached hydrogens (tertiary/aromatic N) is 2. The Balaban J connectivity index is 1.59. The van der Waals surface area contributed by atoms with Gasteiger partial charge in [-0.05, 0) is 77.4 Å². The van der Waals surface area contributed by atoms with Crippen molar-refractivity contribution in [1.29, 1.82) is 0 Å². The summed E-state index contributed by atoms with van der Waals surface area (Å²) in [4.78, 5) is 31.3. The maximum Gasteiger partial charge on any atom is 0.314 e. The highest BCUT2D eigenvalue weighted by atomic mass is 32.2. The molecule has 1 saturated heterocycles. The van der Waals surface area contributed by atoms with E-state index in [1.807, 2.05) is 64.0 Å². The lowest BCUT2D eigenvalue weighted by atomic mass is 9.96. The van der Waals surface area contributed by atoms with Crippen molar-refractivity contribution in [2.75, 3.05) is 61.7 Å². The van der Waals surface area contributed by atoms with E-state index < -0.39 is 4.75 Å². The standard InChI is InChI=1S/C34H50N2O7S/c1-10-11-25-19-27(23(2)18-28(25)42-17-16-35(5)6)43-33(38)24-12-14-36(15-13-24)31(37)22-34(3,4)44-32-29(40-8)20-26(39-7)21-30(32)41-9/h18-21,24H,10-17,22H2,1-9H3. The third-order valence-corrected chi connectivity index (χ3v) is 8.99. The molecule has 1 aliphatic heterocycles. The minimum atomic E-state index is -0.432. The predicted octanol–water partition coefficient (Wildman–Crippen LogP) is 6.02. The number of hydrogen-bond donors (Lipinski definition) is 0. The number of aryl methyl sites for hydroxylation is 2. The van der Waals surface area contributed by atoms with Crippen molar-refractivity contribution in [1.82, 2.24) is 9.80 Å². The minimum Gasteiger partial charge on any atom is -0.496 e. The Kier molecular flexibility index (Phi) is 13.1. The van der Waals surface area contributed by atoms with Crippen LogP contribution in [0.15, 0.2) is 29.2 Å².